The van der Waals surface area contributed by atoms with Crippen LogP contribution < -0.4 is 4.74 Å². The molecule has 1 aliphatic heterocycles. The van der Waals surface area contributed by atoms with Gasteiger partial charge in [-0.2, -0.15) is 4.98 Å². The third kappa shape index (κ3) is 3.46. The fourth-order valence-electron chi connectivity index (χ4n) is 3.57. The van der Waals surface area contributed by atoms with Crippen LogP contribution in [0, 0.1) is 0 Å². The number of hydrogen-bond acceptors (Lipinski definition) is 5. The highest BCUT2D eigenvalue weighted by Crippen LogP contribution is 2.38. The Morgan fingerprint density at radius 2 is 1.96 bits per heavy atom. The molecule has 2 heterocycles. The van der Waals surface area contributed by atoms with Gasteiger partial charge in [0.05, 0.1) is 13.7 Å². The van der Waals surface area contributed by atoms with Crippen molar-refractivity contribution in [1.29, 1.82) is 0 Å². The molecule has 1 atom stereocenters. The van der Waals surface area contributed by atoms with E-state index in [1.165, 1.54) is 44.1 Å². The Morgan fingerprint density at radius 3 is 2.71 bits per heavy atom. The van der Waals surface area contributed by atoms with Gasteiger partial charge in [0, 0.05) is 12.0 Å². The van der Waals surface area contributed by atoms with Gasteiger partial charge in [0.25, 0.3) is 0 Å². The summed E-state index contributed by atoms with van der Waals surface area (Å²) in [5, 5.41) is 4.16. The minimum absolute atomic E-state index is 0.412. The molecular formula is C19H25N3O2. The largest absolute Gasteiger partial charge is 0.497 e. The number of nitrogens with zero attached hydrogens (tertiary/aromatic N) is 3. The van der Waals surface area contributed by atoms with Crippen LogP contribution in [-0.2, 0) is 6.54 Å². The summed E-state index contributed by atoms with van der Waals surface area (Å²) in [5.41, 5.74) is 1.35. The number of methoxy groups -OCH3 is 1. The smallest absolute Gasteiger partial charge is 0.240 e. The normalized spacial score (nSPS) is 22.3. The second kappa shape index (κ2) is 6.93. The second-order valence-corrected chi connectivity index (χ2v) is 6.93. The van der Waals surface area contributed by atoms with Crippen molar-refractivity contribution in [2.75, 3.05) is 13.7 Å². The first-order chi connectivity index (χ1) is 11.8. The quantitative estimate of drug-likeness (QED) is 0.828. The molecule has 128 valence electrons. The maximum atomic E-state index is 5.51. The lowest BCUT2D eigenvalue weighted by atomic mass is 10.0. The maximum Gasteiger partial charge on any atom is 0.240 e. The first kappa shape index (κ1) is 15.6. The predicted octanol–water partition coefficient (Wildman–Crippen LogP) is 4.07. The Morgan fingerprint density at radius 1 is 1.12 bits per heavy atom. The van der Waals surface area contributed by atoms with Gasteiger partial charge in [0.2, 0.25) is 5.89 Å². The Bertz CT molecular complexity index is 664. The fraction of sp³-hybridized carbons (Fsp3) is 0.579. The van der Waals surface area contributed by atoms with E-state index in [9.17, 15) is 0 Å². The van der Waals surface area contributed by atoms with E-state index in [1.807, 2.05) is 0 Å². The first-order valence-corrected chi connectivity index (χ1v) is 9.04. The summed E-state index contributed by atoms with van der Waals surface area (Å²) in [6, 6.07) is 8.89. The van der Waals surface area contributed by atoms with Gasteiger partial charge in [-0.25, -0.2) is 0 Å². The first-order valence-electron chi connectivity index (χ1n) is 9.04. The summed E-state index contributed by atoms with van der Waals surface area (Å²) >= 11 is 0. The zero-order chi connectivity index (χ0) is 16.4. The van der Waals surface area contributed by atoms with Crippen LogP contribution in [0.1, 0.15) is 67.8 Å². The van der Waals surface area contributed by atoms with Gasteiger partial charge in [-0.05, 0) is 49.9 Å². The average molecular weight is 327 g/mol. The SMILES string of the molecule is COc1ccc([C@H]2CCCCCN2Cc2nc(C3CC3)no2)cc1. The summed E-state index contributed by atoms with van der Waals surface area (Å²) in [6.07, 6.45) is 7.38. The second-order valence-electron chi connectivity index (χ2n) is 6.93. The summed E-state index contributed by atoms with van der Waals surface area (Å²) in [7, 11) is 1.71. The van der Waals surface area contributed by atoms with Crippen molar-refractivity contribution < 1.29 is 9.26 Å². The molecular weight excluding hydrogens is 302 g/mol. The van der Waals surface area contributed by atoms with Crippen molar-refractivity contribution in [3.63, 3.8) is 0 Å². The van der Waals surface area contributed by atoms with Gasteiger partial charge in [0.1, 0.15) is 5.75 Å². The molecule has 0 amide bonds. The highest BCUT2D eigenvalue weighted by molar-refractivity contribution is 5.29. The number of ether oxygens (including phenoxy) is 1. The highest BCUT2D eigenvalue weighted by atomic mass is 16.5. The van der Waals surface area contributed by atoms with Crippen LogP contribution in [0.5, 0.6) is 5.75 Å². The number of hydrogen-bond donors (Lipinski definition) is 0. The van der Waals surface area contributed by atoms with Crippen LogP contribution in [0.25, 0.3) is 0 Å². The number of aromatic nitrogens is 2. The van der Waals surface area contributed by atoms with E-state index in [0.29, 0.717) is 12.0 Å². The average Bonchev–Trinajstić information content (AvgIpc) is 3.40. The third-order valence-corrected chi connectivity index (χ3v) is 5.13. The van der Waals surface area contributed by atoms with Crippen LogP contribution >= 0.6 is 0 Å². The van der Waals surface area contributed by atoms with Gasteiger partial charge in [-0.3, -0.25) is 4.90 Å². The molecule has 1 aromatic heterocycles. The zero-order valence-electron chi connectivity index (χ0n) is 14.3. The van der Waals surface area contributed by atoms with Crippen LogP contribution in [0.15, 0.2) is 28.8 Å². The molecule has 0 unspecified atom stereocenters. The zero-order valence-corrected chi connectivity index (χ0v) is 14.3. The van der Waals surface area contributed by atoms with E-state index in [4.69, 9.17) is 9.26 Å². The summed E-state index contributed by atoms with van der Waals surface area (Å²) < 4.78 is 10.8. The van der Waals surface area contributed by atoms with E-state index in [-0.39, 0.29) is 0 Å². The molecule has 1 aliphatic carbocycles. The van der Waals surface area contributed by atoms with Crippen molar-refractivity contribution in [2.24, 2.45) is 0 Å². The van der Waals surface area contributed by atoms with Gasteiger partial charge < -0.3 is 9.26 Å². The molecule has 0 spiro atoms. The van der Waals surface area contributed by atoms with E-state index in [0.717, 1.165) is 30.6 Å². The van der Waals surface area contributed by atoms with Crippen LogP contribution in [0.3, 0.4) is 0 Å². The van der Waals surface area contributed by atoms with Crippen molar-refractivity contribution in [3.05, 3.63) is 41.5 Å². The molecule has 1 saturated carbocycles. The Hall–Kier alpha value is -1.88. The molecule has 0 bridgehead atoms. The van der Waals surface area contributed by atoms with Crippen molar-refractivity contribution in [3.8, 4) is 5.75 Å². The topological polar surface area (TPSA) is 51.4 Å². The van der Waals surface area contributed by atoms with Gasteiger partial charge in [-0.1, -0.05) is 30.1 Å². The summed E-state index contributed by atoms with van der Waals surface area (Å²) in [5.74, 6) is 3.12. The van der Waals surface area contributed by atoms with Gasteiger partial charge in [-0.15, -0.1) is 0 Å². The van der Waals surface area contributed by atoms with E-state index < -0.39 is 0 Å². The molecule has 5 heteroatoms. The minimum atomic E-state index is 0.412. The van der Waals surface area contributed by atoms with Gasteiger partial charge >= 0.3 is 0 Å². The lowest BCUT2D eigenvalue weighted by molar-refractivity contribution is 0.168. The molecule has 4 rings (SSSR count). The molecule has 0 N–H and O–H groups in total. The molecule has 2 fully saturated rings. The Kier molecular flexibility index (Phi) is 4.52. The molecule has 2 aliphatic rings. The molecule has 0 radical (unpaired) electrons. The van der Waals surface area contributed by atoms with Crippen molar-refractivity contribution >= 4 is 0 Å². The molecule has 5 nitrogen and oxygen atoms in total. The number of rotatable bonds is 5. The lowest BCUT2D eigenvalue weighted by Gasteiger charge is -2.29. The van der Waals surface area contributed by atoms with Crippen molar-refractivity contribution in [1.82, 2.24) is 15.0 Å². The van der Waals surface area contributed by atoms with Crippen LogP contribution in [0.4, 0.5) is 0 Å². The summed E-state index contributed by atoms with van der Waals surface area (Å²) in [4.78, 5) is 7.11. The highest BCUT2D eigenvalue weighted by Gasteiger charge is 2.30. The van der Waals surface area contributed by atoms with Crippen LogP contribution in [0.2, 0.25) is 0 Å². The van der Waals surface area contributed by atoms with E-state index in [1.54, 1.807) is 7.11 Å². The third-order valence-electron chi connectivity index (χ3n) is 5.13. The van der Waals surface area contributed by atoms with E-state index in [2.05, 4.69) is 39.3 Å². The van der Waals surface area contributed by atoms with E-state index >= 15 is 0 Å². The standard InChI is InChI=1S/C19H25N3O2/c1-23-16-10-8-14(9-11-16)17-5-3-2-4-12-22(17)13-18-20-19(21-24-18)15-6-7-15/h8-11,15,17H,2-7,12-13H2,1H3/t17-/m1/s1. The fourth-order valence-corrected chi connectivity index (χ4v) is 3.57. The van der Waals surface area contributed by atoms with Crippen molar-refractivity contribution in [2.45, 2.75) is 57.0 Å². The molecule has 2 aromatic rings. The number of benzene rings is 1. The Balaban J connectivity index is 1.52. The monoisotopic (exact) mass is 327 g/mol. The maximum absolute atomic E-state index is 5.51. The minimum Gasteiger partial charge on any atom is -0.497 e. The lowest BCUT2D eigenvalue weighted by Crippen LogP contribution is -2.28. The number of likely N-dealkylation sites (tertiary alicyclic amines) is 1. The predicted molar refractivity (Wildman–Crippen MR) is 90.9 cm³/mol. The molecule has 24 heavy (non-hydrogen) atoms. The van der Waals surface area contributed by atoms with Gasteiger partial charge in [0.15, 0.2) is 5.82 Å². The summed E-state index contributed by atoms with van der Waals surface area (Å²) in [6.45, 7) is 1.83. The van der Waals surface area contributed by atoms with Crippen LogP contribution in [-0.4, -0.2) is 28.7 Å². The Labute approximate surface area is 143 Å². The molecule has 1 saturated heterocycles. The molecule has 1 aromatic carbocycles.